The molecule has 216 valence electrons. The molecular formula is C27H27F6N3O4. The highest BCUT2D eigenvalue weighted by Crippen LogP contribution is 2.31. The number of nitrogens with one attached hydrogen (secondary N) is 2. The Hall–Kier alpha value is -3.90. The molecule has 2 aromatic carbocycles. The minimum atomic E-state index is -4.59. The summed E-state index contributed by atoms with van der Waals surface area (Å²) in [6.45, 7) is 0. The summed E-state index contributed by atoms with van der Waals surface area (Å²) in [6.07, 6.45) is -15.8. The van der Waals surface area contributed by atoms with E-state index in [1.54, 1.807) is 54.6 Å². The summed E-state index contributed by atoms with van der Waals surface area (Å²) in [6, 6.07) is 15.3. The first-order chi connectivity index (χ1) is 18.7. The van der Waals surface area contributed by atoms with Gasteiger partial charge in [0.2, 0.25) is 12.1 Å². The second-order valence-electron chi connectivity index (χ2n) is 9.36. The van der Waals surface area contributed by atoms with E-state index in [4.69, 9.17) is 0 Å². The number of carbonyl (C=O) groups excluding carboxylic acids is 2. The van der Waals surface area contributed by atoms with Gasteiger partial charge in [0.1, 0.15) is 0 Å². The highest BCUT2D eigenvalue weighted by Gasteiger charge is 2.38. The maximum atomic E-state index is 13.3. The predicted molar refractivity (Wildman–Crippen MR) is 134 cm³/mol. The standard InChI is InChI=1S/C27H27F6N3O4/c28-26(29,30)14-6-11-17(18(25(39)40)12-7-15-27(31,32)33)23(37)36-22-24(38)34-20-13-5-4-10-19(20)21(35-22)16-8-2-1-3-9-16/h1-5,8-10,13,17-18,22H,6-7,11-12,14-15H2,(H,34,38)(H,36,37)(H,39,40)/t17-,18-,22-/m1/s1. The number of benzodiazepines with no additional fused rings is 1. The van der Waals surface area contributed by atoms with Crippen molar-refractivity contribution < 1.29 is 45.8 Å². The summed E-state index contributed by atoms with van der Waals surface area (Å²) in [5.74, 6) is -6.85. The first-order valence-electron chi connectivity index (χ1n) is 12.5. The molecule has 1 aliphatic rings. The number of nitrogens with zero attached hydrogens (tertiary/aromatic N) is 1. The topological polar surface area (TPSA) is 108 Å². The molecule has 3 atom stereocenters. The van der Waals surface area contributed by atoms with Gasteiger partial charge in [0, 0.05) is 24.0 Å². The van der Waals surface area contributed by atoms with Crippen LogP contribution in [-0.4, -0.2) is 47.1 Å². The lowest BCUT2D eigenvalue weighted by Crippen LogP contribution is -2.47. The summed E-state index contributed by atoms with van der Waals surface area (Å²) < 4.78 is 76.4. The minimum Gasteiger partial charge on any atom is -0.481 e. The van der Waals surface area contributed by atoms with Crippen molar-refractivity contribution in [2.75, 3.05) is 5.32 Å². The van der Waals surface area contributed by atoms with Crippen molar-refractivity contribution in [1.82, 2.24) is 5.32 Å². The van der Waals surface area contributed by atoms with Gasteiger partial charge in [-0.3, -0.25) is 14.4 Å². The third-order valence-corrected chi connectivity index (χ3v) is 6.36. The molecule has 3 N–H and O–H groups in total. The lowest BCUT2D eigenvalue weighted by molar-refractivity contribution is -0.151. The van der Waals surface area contributed by atoms with E-state index in [1.165, 1.54) is 0 Å². The van der Waals surface area contributed by atoms with Crippen LogP contribution in [0.4, 0.5) is 32.0 Å². The number of halogens is 6. The largest absolute Gasteiger partial charge is 0.481 e. The first-order valence-corrected chi connectivity index (χ1v) is 12.5. The highest BCUT2D eigenvalue weighted by atomic mass is 19.4. The second-order valence-corrected chi connectivity index (χ2v) is 9.36. The molecule has 13 heteroatoms. The molecule has 0 unspecified atom stereocenters. The quantitative estimate of drug-likeness (QED) is 0.301. The Labute approximate surface area is 225 Å². The molecule has 0 aliphatic carbocycles. The van der Waals surface area contributed by atoms with Gasteiger partial charge in [-0.15, -0.1) is 0 Å². The predicted octanol–water partition coefficient (Wildman–Crippen LogP) is 5.70. The van der Waals surface area contributed by atoms with Crippen LogP contribution < -0.4 is 10.6 Å². The van der Waals surface area contributed by atoms with Crippen LogP contribution in [0.3, 0.4) is 0 Å². The molecule has 1 heterocycles. The fourth-order valence-electron chi connectivity index (χ4n) is 4.48. The maximum absolute atomic E-state index is 13.3. The van der Waals surface area contributed by atoms with Crippen LogP contribution in [0.5, 0.6) is 0 Å². The van der Waals surface area contributed by atoms with Gasteiger partial charge in [-0.05, 0) is 31.7 Å². The summed E-state index contributed by atoms with van der Waals surface area (Å²) in [7, 11) is 0. The first kappa shape index (κ1) is 30.6. The van der Waals surface area contributed by atoms with E-state index in [1.807, 2.05) is 0 Å². The van der Waals surface area contributed by atoms with Crippen LogP contribution in [-0.2, 0) is 14.4 Å². The normalized spacial score (nSPS) is 17.1. The van der Waals surface area contributed by atoms with Crippen molar-refractivity contribution in [2.45, 2.75) is 57.0 Å². The molecule has 0 bridgehead atoms. The van der Waals surface area contributed by atoms with Crippen molar-refractivity contribution in [3.8, 4) is 0 Å². The Kier molecular flexibility index (Phi) is 9.93. The molecule has 0 saturated carbocycles. The second kappa shape index (κ2) is 13.0. The fraction of sp³-hybridized carbons (Fsp3) is 0.407. The molecule has 3 rings (SSSR count). The lowest BCUT2D eigenvalue weighted by Gasteiger charge is -2.25. The number of carboxylic acid groups (broad SMARTS) is 1. The van der Waals surface area contributed by atoms with Gasteiger partial charge in [-0.2, -0.15) is 26.3 Å². The number of hydrogen-bond donors (Lipinski definition) is 3. The van der Waals surface area contributed by atoms with Gasteiger partial charge in [-0.1, -0.05) is 48.5 Å². The number of para-hydroxylation sites is 1. The molecule has 2 amide bonds. The van der Waals surface area contributed by atoms with Gasteiger partial charge in [-0.25, -0.2) is 4.99 Å². The SMILES string of the molecule is O=C1Nc2ccccc2C(c2ccccc2)=N[C@@H]1NC(=O)[C@H](CCCC(F)(F)F)[C@@H](CCCC(F)(F)F)C(=O)O. The maximum Gasteiger partial charge on any atom is 0.389 e. The van der Waals surface area contributed by atoms with E-state index in [9.17, 15) is 45.8 Å². The van der Waals surface area contributed by atoms with Gasteiger partial charge < -0.3 is 15.7 Å². The van der Waals surface area contributed by atoms with Crippen molar-refractivity contribution in [2.24, 2.45) is 16.8 Å². The molecule has 0 spiro atoms. The van der Waals surface area contributed by atoms with E-state index in [0.717, 1.165) is 0 Å². The Morgan fingerprint density at radius 2 is 1.43 bits per heavy atom. The average molecular weight is 572 g/mol. The van der Waals surface area contributed by atoms with Crippen molar-refractivity contribution in [3.05, 3.63) is 65.7 Å². The molecule has 0 saturated heterocycles. The van der Waals surface area contributed by atoms with Crippen molar-refractivity contribution >= 4 is 29.2 Å². The third kappa shape index (κ3) is 8.82. The highest BCUT2D eigenvalue weighted by molar-refractivity contribution is 6.19. The van der Waals surface area contributed by atoms with E-state index < -0.39 is 86.7 Å². The number of amides is 2. The number of hydrogen-bond acceptors (Lipinski definition) is 4. The van der Waals surface area contributed by atoms with Crippen LogP contribution in [0.2, 0.25) is 0 Å². The van der Waals surface area contributed by atoms with Crippen molar-refractivity contribution in [3.63, 3.8) is 0 Å². The number of aliphatic carboxylic acids is 1. The minimum absolute atomic E-state index is 0.313. The summed E-state index contributed by atoms with van der Waals surface area (Å²) in [5.41, 5.74) is 1.80. The smallest absolute Gasteiger partial charge is 0.389 e. The van der Waals surface area contributed by atoms with E-state index >= 15 is 0 Å². The molecule has 2 aromatic rings. The van der Waals surface area contributed by atoms with Crippen LogP contribution >= 0.6 is 0 Å². The third-order valence-electron chi connectivity index (χ3n) is 6.36. The number of benzene rings is 2. The molecule has 0 radical (unpaired) electrons. The van der Waals surface area contributed by atoms with E-state index in [0.29, 0.717) is 22.5 Å². The Balaban J connectivity index is 1.91. The van der Waals surface area contributed by atoms with Crippen LogP contribution in [0.25, 0.3) is 0 Å². The summed E-state index contributed by atoms with van der Waals surface area (Å²) >= 11 is 0. The van der Waals surface area contributed by atoms with Crippen LogP contribution in [0.1, 0.15) is 49.7 Å². The fourth-order valence-corrected chi connectivity index (χ4v) is 4.48. The van der Waals surface area contributed by atoms with Gasteiger partial charge in [0.25, 0.3) is 5.91 Å². The number of anilines is 1. The Morgan fingerprint density at radius 1 is 0.875 bits per heavy atom. The van der Waals surface area contributed by atoms with Gasteiger partial charge in [0.05, 0.1) is 23.2 Å². The number of carbonyl (C=O) groups is 3. The molecular weight excluding hydrogens is 544 g/mol. The molecule has 1 aliphatic heterocycles. The number of rotatable bonds is 11. The number of fused-ring (bicyclic) bond motifs is 1. The monoisotopic (exact) mass is 571 g/mol. The van der Waals surface area contributed by atoms with Crippen LogP contribution in [0, 0.1) is 11.8 Å². The van der Waals surface area contributed by atoms with Gasteiger partial charge >= 0.3 is 18.3 Å². The average Bonchev–Trinajstić information content (AvgIpc) is 3.00. The summed E-state index contributed by atoms with van der Waals surface area (Å²) in [4.78, 5) is 42.7. The summed E-state index contributed by atoms with van der Waals surface area (Å²) in [5, 5.41) is 14.7. The number of aliphatic imine (C=N–C) groups is 1. The molecule has 40 heavy (non-hydrogen) atoms. The molecule has 0 fully saturated rings. The van der Waals surface area contributed by atoms with Gasteiger partial charge in [0.15, 0.2) is 0 Å². The zero-order valence-electron chi connectivity index (χ0n) is 21.1. The Bertz CT molecular complexity index is 1230. The van der Waals surface area contributed by atoms with E-state index in [2.05, 4.69) is 15.6 Å². The lowest BCUT2D eigenvalue weighted by atomic mass is 9.83. The molecule has 0 aromatic heterocycles. The van der Waals surface area contributed by atoms with E-state index in [-0.39, 0.29) is 0 Å². The Morgan fingerprint density at radius 3 is 2.00 bits per heavy atom. The van der Waals surface area contributed by atoms with Crippen LogP contribution in [0.15, 0.2) is 59.6 Å². The molecule has 7 nitrogen and oxygen atoms in total. The number of carboxylic acids is 1. The number of alkyl halides is 6. The van der Waals surface area contributed by atoms with Crippen molar-refractivity contribution in [1.29, 1.82) is 0 Å². The zero-order chi connectivity index (χ0) is 29.5. The zero-order valence-corrected chi connectivity index (χ0v) is 21.1.